The van der Waals surface area contributed by atoms with Gasteiger partial charge in [0.05, 0.1) is 17.5 Å². The normalized spacial score (nSPS) is 18.0. The maximum Gasteiger partial charge on any atom is 0.151 e. The highest BCUT2D eigenvalue weighted by Crippen LogP contribution is 2.34. The van der Waals surface area contributed by atoms with E-state index in [4.69, 9.17) is 4.74 Å². The average Bonchev–Trinajstić information content (AvgIpc) is 3.27. The summed E-state index contributed by atoms with van der Waals surface area (Å²) in [6.07, 6.45) is 6.89. The van der Waals surface area contributed by atoms with Gasteiger partial charge in [0.2, 0.25) is 0 Å². The van der Waals surface area contributed by atoms with Gasteiger partial charge < -0.3 is 9.30 Å². The van der Waals surface area contributed by atoms with Crippen molar-refractivity contribution in [2.24, 2.45) is 0 Å². The number of benzene rings is 1. The minimum absolute atomic E-state index is 0.390. The molecule has 1 aliphatic heterocycles. The van der Waals surface area contributed by atoms with Crippen molar-refractivity contribution >= 4 is 11.3 Å². The summed E-state index contributed by atoms with van der Waals surface area (Å²) in [5.74, 6) is 0.993. The van der Waals surface area contributed by atoms with Crippen LogP contribution in [0.3, 0.4) is 0 Å². The van der Waals surface area contributed by atoms with Crippen molar-refractivity contribution in [3.8, 4) is 21.3 Å². The molecule has 4 nitrogen and oxygen atoms in total. The van der Waals surface area contributed by atoms with Crippen LogP contribution >= 0.6 is 11.3 Å². The van der Waals surface area contributed by atoms with Crippen LogP contribution in [0.25, 0.3) is 21.3 Å². The van der Waals surface area contributed by atoms with Crippen molar-refractivity contribution in [2.45, 2.75) is 19.4 Å². The Morgan fingerprint density at radius 2 is 2.18 bits per heavy atom. The fourth-order valence-electron chi connectivity index (χ4n) is 2.85. The van der Waals surface area contributed by atoms with Gasteiger partial charge >= 0.3 is 0 Å². The van der Waals surface area contributed by atoms with E-state index >= 15 is 0 Å². The number of nitrogens with zero attached hydrogens (tertiary/aromatic N) is 3. The molecule has 0 aliphatic carbocycles. The van der Waals surface area contributed by atoms with E-state index in [2.05, 4.69) is 45.7 Å². The maximum atomic E-state index is 5.50. The molecule has 3 heterocycles. The molecule has 0 saturated carbocycles. The number of aromatic nitrogens is 3. The predicted octanol–water partition coefficient (Wildman–Crippen LogP) is 3.94. The summed E-state index contributed by atoms with van der Waals surface area (Å²) in [6.45, 7) is 3.72. The molecule has 1 atom stereocenters. The lowest BCUT2D eigenvalue weighted by atomic mass is 10.1. The Labute approximate surface area is 133 Å². The zero-order valence-corrected chi connectivity index (χ0v) is 13.2. The summed E-state index contributed by atoms with van der Waals surface area (Å²) < 4.78 is 7.73. The topological polar surface area (TPSA) is 39.9 Å². The Balaban J connectivity index is 1.71. The second-order valence-electron chi connectivity index (χ2n) is 5.52. The summed E-state index contributed by atoms with van der Waals surface area (Å²) in [6, 6.07) is 8.74. The minimum Gasteiger partial charge on any atom is -0.379 e. The summed E-state index contributed by atoms with van der Waals surface area (Å²) in [4.78, 5) is 10.2. The molecule has 1 fully saturated rings. The molecule has 4 rings (SSSR count). The molecule has 0 bridgehead atoms. The number of rotatable bonds is 3. The van der Waals surface area contributed by atoms with Gasteiger partial charge in [-0.15, -0.1) is 11.3 Å². The molecule has 22 heavy (non-hydrogen) atoms. The summed E-state index contributed by atoms with van der Waals surface area (Å²) in [5.41, 5.74) is 2.44. The maximum absolute atomic E-state index is 5.50. The van der Waals surface area contributed by atoms with Gasteiger partial charge in [0.1, 0.15) is 5.01 Å². The number of imidazole rings is 1. The van der Waals surface area contributed by atoms with Gasteiger partial charge in [0, 0.05) is 30.8 Å². The standard InChI is InChI=1S/C17H17N3OS/c1-12-4-2-3-5-14(12)17-19-10-15(22-17)16-18-7-8-20(16)13-6-9-21-11-13/h2-5,7-8,10,13H,6,9,11H2,1H3. The highest BCUT2D eigenvalue weighted by atomic mass is 32.1. The van der Waals surface area contributed by atoms with Crippen LogP contribution < -0.4 is 0 Å². The van der Waals surface area contributed by atoms with Crippen molar-refractivity contribution in [2.75, 3.05) is 13.2 Å². The minimum atomic E-state index is 0.390. The van der Waals surface area contributed by atoms with Crippen LogP contribution in [0.2, 0.25) is 0 Å². The van der Waals surface area contributed by atoms with Crippen LogP contribution in [0.4, 0.5) is 0 Å². The van der Waals surface area contributed by atoms with E-state index in [0.717, 1.165) is 35.3 Å². The highest BCUT2D eigenvalue weighted by molar-refractivity contribution is 7.18. The molecule has 112 valence electrons. The van der Waals surface area contributed by atoms with Gasteiger partial charge in [-0.2, -0.15) is 0 Å². The monoisotopic (exact) mass is 311 g/mol. The van der Waals surface area contributed by atoms with E-state index in [1.165, 1.54) is 11.1 Å². The molecule has 1 aliphatic rings. The first-order valence-corrected chi connectivity index (χ1v) is 8.27. The van der Waals surface area contributed by atoms with Gasteiger partial charge in [-0.25, -0.2) is 9.97 Å². The van der Waals surface area contributed by atoms with E-state index in [1.54, 1.807) is 11.3 Å². The van der Waals surface area contributed by atoms with Gasteiger partial charge in [-0.05, 0) is 18.9 Å². The highest BCUT2D eigenvalue weighted by Gasteiger charge is 2.21. The largest absolute Gasteiger partial charge is 0.379 e. The van der Waals surface area contributed by atoms with Crippen molar-refractivity contribution in [3.63, 3.8) is 0 Å². The number of aryl methyl sites for hydroxylation is 1. The van der Waals surface area contributed by atoms with E-state index in [0.29, 0.717) is 6.04 Å². The van der Waals surface area contributed by atoms with Crippen molar-refractivity contribution in [1.29, 1.82) is 0 Å². The zero-order valence-electron chi connectivity index (χ0n) is 12.4. The third kappa shape index (κ3) is 2.36. The average molecular weight is 311 g/mol. The van der Waals surface area contributed by atoms with Gasteiger partial charge in [-0.3, -0.25) is 0 Å². The van der Waals surface area contributed by atoms with E-state index in [1.807, 2.05) is 18.6 Å². The van der Waals surface area contributed by atoms with Crippen molar-refractivity contribution < 1.29 is 4.74 Å². The molecular formula is C17H17N3OS. The molecule has 2 aromatic heterocycles. The van der Waals surface area contributed by atoms with Crippen LogP contribution in [0, 0.1) is 6.92 Å². The molecule has 1 aromatic carbocycles. The summed E-state index contributed by atoms with van der Waals surface area (Å²) in [5, 5.41) is 1.05. The lowest BCUT2D eigenvalue weighted by molar-refractivity contribution is 0.187. The molecule has 0 spiro atoms. The zero-order chi connectivity index (χ0) is 14.9. The smallest absolute Gasteiger partial charge is 0.151 e. The first-order valence-electron chi connectivity index (χ1n) is 7.46. The number of hydrogen-bond acceptors (Lipinski definition) is 4. The van der Waals surface area contributed by atoms with Crippen LogP contribution in [-0.4, -0.2) is 27.7 Å². The predicted molar refractivity (Wildman–Crippen MR) is 88.0 cm³/mol. The second kappa shape index (κ2) is 5.66. The fourth-order valence-corrected chi connectivity index (χ4v) is 3.86. The van der Waals surface area contributed by atoms with Crippen LogP contribution in [0.1, 0.15) is 18.0 Å². The molecule has 0 radical (unpaired) electrons. The third-order valence-electron chi connectivity index (χ3n) is 4.07. The fraction of sp³-hybridized carbons (Fsp3) is 0.294. The van der Waals surface area contributed by atoms with Gasteiger partial charge in [0.15, 0.2) is 5.82 Å². The molecule has 1 saturated heterocycles. The van der Waals surface area contributed by atoms with E-state index < -0.39 is 0 Å². The molecule has 3 aromatic rings. The van der Waals surface area contributed by atoms with Crippen LogP contribution in [-0.2, 0) is 4.74 Å². The van der Waals surface area contributed by atoms with Gasteiger partial charge in [-0.1, -0.05) is 24.3 Å². The van der Waals surface area contributed by atoms with E-state index in [-0.39, 0.29) is 0 Å². The lowest BCUT2D eigenvalue weighted by Gasteiger charge is -2.12. The molecule has 5 heteroatoms. The Morgan fingerprint density at radius 3 is 3.00 bits per heavy atom. The first-order chi connectivity index (χ1) is 10.8. The summed E-state index contributed by atoms with van der Waals surface area (Å²) in [7, 11) is 0. The Hall–Kier alpha value is -1.98. The third-order valence-corrected chi connectivity index (χ3v) is 5.10. The Bertz CT molecular complexity index is 787. The Kier molecular flexibility index (Phi) is 3.52. The van der Waals surface area contributed by atoms with Crippen molar-refractivity contribution in [1.82, 2.24) is 14.5 Å². The number of thiazole rings is 1. The van der Waals surface area contributed by atoms with Crippen molar-refractivity contribution in [3.05, 3.63) is 48.4 Å². The van der Waals surface area contributed by atoms with E-state index in [9.17, 15) is 0 Å². The molecule has 1 unspecified atom stereocenters. The lowest BCUT2D eigenvalue weighted by Crippen LogP contribution is -2.08. The molecule has 0 N–H and O–H groups in total. The quantitative estimate of drug-likeness (QED) is 0.735. The summed E-state index contributed by atoms with van der Waals surface area (Å²) >= 11 is 1.70. The van der Waals surface area contributed by atoms with Crippen LogP contribution in [0.15, 0.2) is 42.9 Å². The SMILES string of the molecule is Cc1ccccc1-c1ncc(-c2nccn2C2CCOC2)s1. The Morgan fingerprint density at radius 1 is 1.27 bits per heavy atom. The second-order valence-corrected chi connectivity index (χ2v) is 6.55. The van der Waals surface area contributed by atoms with Crippen LogP contribution in [0.5, 0.6) is 0 Å². The van der Waals surface area contributed by atoms with Gasteiger partial charge in [0.25, 0.3) is 0 Å². The number of hydrogen-bond donors (Lipinski definition) is 0. The molecule has 0 amide bonds. The number of ether oxygens (including phenoxy) is 1. The molecular weight excluding hydrogens is 294 g/mol. The first kappa shape index (κ1) is 13.7.